The van der Waals surface area contributed by atoms with Crippen LogP contribution in [0.4, 0.5) is 0 Å². The highest BCUT2D eigenvalue weighted by Gasteiger charge is 2.21. The van der Waals surface area contributed by atoms with E-state index < -0.39 is 17.9 Å². The molecule has 0 saturated heterocycles. The van der Waals surface area contributed by atoms with Crippen molar-refractivity contribution in [3.05, 3.63) is 35.9 Å². The fourth-order valence-corrected chi connectivity index (χ4v) is 2.64. The zero-order valence-electron chi connectivity index (χ0n) is 15.1. The minimum Gasteiger partial charge on any atom is -0.480 e. The van der Waals surface area contributed by atoms with Gasteiger partial charge in [0.2, 0.25) is 11.8 Å². The van der Waals surface area contributed by atoms with E-state index >= 15 is 0 Å². The topological polar surface area (TPSA) is 95.5 Å². The fraction of sp³-hybridized carbons (Fsp3) is 0.526. The van der Waals surface area contributed by atoms with Crippen molar-refractivity contribution < 1.29 is 19.5 Å². The van der Waals surface area contributed by atoms with Crippen molar-refractivity contribution >= 4 is 17.8 Å². The van der Waals surface area contributed by atoms with Gasteiger partial charge in [-0.25, -0.2) is 4.79 Å². The summed E-state index contributed by atoms with van der Waals surface area (Å²) in [6.07, 6.45) is 1.46. The van der Waals surface area contributed by atoms with Crippen LogP contribution in [0, 0.1) is 5.92 Å². The largest absolute Gasteiger partial charge is 0.480 e. The zero-order valence-corrected chi connectivity index (χ0v) is 15.1. The van der Waals surface area contributed by atoms with E-state index in [4.69, 9.17) is 5.11 Å². The second-order valence-corrected chi connectivity index (χ2v) is 6.58. The van der Waals surface area contributed by atoms with Crippen LogP contribution < -0.4 is 10.6 Å². The molecule has 0 heterocycles. The number of carboxylic acids is 1. The van der Waals surface area contributed by atoms with Gasteiger partial charge in [0.25, 0.3) is 0 Å². The molecule has 138 valence electrons. The number of carbonyl (C=O) groups is 3. The molecule has 1 unspecified atom stereocenters. The molecule has 2 atom stereocenters. The number of hydrogen-bond acceptors (Lipinski definition) is 3. The first-order valence-electron chi connectivity index (χ1n) is 8.67. The predicted molar refractivity (Wildman–Crippen MR) is 96.1 cm³/mol. The van der Waals surface area contributed by atoms with Crippen LogP contribution in [0.3, 0.4) is 0 Å². The molecule has 0 fully saturated rings. The maximum absolute atomic E-state index is 12.1. The number of amides is 2. The number of benzene rings is 1. The first kappa shape index (κ1) is 20.7. The lowest BCUT2D eigenvalue weighted by Gasteiger charge is -2.17. The van der Waals surface area contributed by atoms with E-state index in [1.165, 1.54) is 0 Å². The molecule has 1 aromatic rings. The minimum atomic E-state index is -1.07. The van der Waals surface area contributed by atoms with Gasteiger partial charge in [-0.05, 0) is 30.2 Å². The summed E-state index contributed by atoms with van der Waals surface area (Å²) in [6.45, 7) is 5.57. The lowest BCUT2D eigenvalue weighted by molar-refractivity contribution is -0.142. The summed E-state index contributed by atoms with van der Waals surface area (Å²) in [7, 11) is 0. The Morgan fingerprint density at radius 2 is 1.72 bits per heavy atom. The molecule has 0 bridgehead atoms. The smallest absolute Gasteiger partial charge is 0.326 e. The van der Waals surface area contributed by atoms with Crippen LogP contribution >= 0.6 is 0 Å². The van der Waals surface area contributed by atoms with Crippen LogP contribution in [0.2, 0.25) is 0 Å². The van der Waals surface area contributed by atoms with Gasteiger partial charge in [0.1, 0.15) is 6.04 Å². The molecule has 3 N–H and O–H groups in total. The Morgan fingerprint density at radius 3 is 2.24 bits per heavy atom. The average molecular weight is 348 g/mol. The van der Waals surface area contributed by atoms with Gasteiger partial charge in [-0.3, -0.25) is 9.59 Å². The Labute approximate surface area is 149 Å². The summed E-state index contributed by atoms with van der Waals surface area (Å²) in [6, 6.07) is 8.83. The van der Waals surface area contributed by atoms with E-state index in [-0.39, 0.29) is 24.3 Å². The molecule has 0 aliphatic rings. The van der Waals surface area contributed by atoms with Crippen molar-refractivity contribution in [1.29, 1.82) is 0 Å². The summed E-state index contributed by atoms with van der Waals surface area (Å²) >= 11 is 0. The Kier molecular flexibility index (Phi) is 8.67. The van der Waals surface area contributed by atoms with Gasteiger partial charge in [0.05, 0.1) is 6.54 Å². The Bertz CT molecular complexity index is 572. The SMILES string of the molecule is CCC(CC(=O)NCC(=O)N[C@@H](CC(C)C)C(=O)O)c1ccccc1. The van der Waals surface area contributed by atoms with Gasteiger partial charge in [-0.1, -0.05) is 51.1 Å². The van der Waals surface area contributed by atoms with Crippen molar-refractivity contribution in [2.45, 2.75) is 52.0 Å². The number of hydrogen-bond donors (Lipinski definition) is 3. The van der Waals surface area contributed by atoms with E-state index in [9.17, 15) is 14.4 Å². The highest BCUT2D eigenvalue weighted by Crippen LogP contribution is 2.22. The lowest BCUT2D eigenvalue weighted by Crippen LogP contribution is -2.46. The minimum absolute atomic E-state index is 0.0944. The average Bonchev–Trinajstić information content (AvgIpc) is 2.57. The second-order valence-electron chi connectivity index (χ2n) is 6.58. The normalized spacial score (nSPS) is 13.1. The molecular weight excluding hydrogens is 320 g/mol. The maximum atomic E-state index is 12.1. The Morgan fingerprint density at radius 1 is 1.08 bits per heavy atom. The van der Waals surface area contributed by atoms with Gasteiger partial charge in [0, 0.05) is 6.42 Å². The molecule has 0 aliphatic carbocycles. The Balaban J connectivity index is 2.46. The molecule has 0 saturated carbocycles. The molecule has 0 radical (unpaired) electrons. The number of nitrogens with one attached hydrogen (secondary N) is 2. The quantitative estimate of drug-likeness (QED) is 0.604. The van der Waals surface area contributed by atoms with E-state index in [0.29, 0.717) is 12.8 Å². The summed E-state index contributed by atoms with van der Waals surface area (Å²) in [5.74, 6) is -1.54. The fourth-order valence-electron chi connectivity index (χ4n) is 2.64. The number of carboxylic acid groups (broad SMARTS) is 1. The van der Waals surface area contributed by atoms with Gasteiger partial charge in [-0.2, -0.15) is 0 Å². The van der Waals surface area contributed by atoms with Gasteiger partial charge in [-0.15, -0.1) is 0 Å². The molecule has 6 nitrogen and oxygen atoms in total. The first-order valence-corrected chi connectivity index (χ1v) is 8.67. The van der Waals surface area contributed by atoms with E-state index in [0.717, 1.165) is 12.0 Å². The summed E-state index contributed by atoms with van der Waals surface area (Å²) in [4.78, 5) is 35.1. The molecular formula is C19H28N2O4. The number of rotatable bonds is 10. The molecule has 6 heteroatoms. The van der Waals surface area contributed by atoms with Gasteiger partial charge < -0.3 is 15.7 Å². The third-order valence-electron chi connectivity index (χ3n) is 3.98. The third-order valence-corrected chi connectivity index (χ3v) is 3.98. The second kappa shape index (κ2) is 10.5. The van der Waals surface area contributed by atoms with Crippen LogP contribution in [-0.4, -0.2) is 35.5 Å². The van der Waals surface area contributed by atoms with Crippen LogP contribution in [0.25, 0.3) is 0 Å². The molecule has 0 aromatic heterocycles. The molecule has 0 spiro atoms. The number of carbonyl (C=O) groups excluding carboxylic acids is 2. The van der Waals surface area contributed by atoms with Crippen molar-refractivity contribution in [3.63, 3.8) is 0 Å². The highest BCUT2D eigenvalue weighted by atomic mass is 16.4. The van der Waals surface area contributed by atoms with Crippen molar-refractivity contribution in [1.82, 2.24) is 10.6 Å². The van der Waals surface area contributed by atoms with E-state index in [1.54, 1.807) is 0 Å². The Hall–Kier alpha value is -2.37. The van der Waals surface area contributed by atoms with E-state index in [2.05, 4.69) is 10.6 Å². The summed E-state index contributed by atoms with van der Waals surface area (Å²) in [5.41, 5.74) is 1.09. The van der Waals surface area contributed by atoms with Gasteiger partial charge >= 0.3 is 5.97 Å². The molecule has 1 rings (SSSR count). The first-order chi connectivity index (χ1) is 11.8. The third kappa shape index (κ3) is 7.83. The standard InChI is InChI=1S/C19H28N2O4/c1-4-14(15-8-6-5-7-9-15)11-17(22)20-12-18(23)21-16(19(24)25)10-13(2)3/h5-9,13-14,16H,4,10-12H2,1-3H3,(H,20,22)(H,21,23)(H,24,25)/t14?,16-/m0/s1. The lowest BCUT2D eigenvalue weighted by atomic mass is 9.93. The maximum Gasteiger partial charge on any atom is 0.326 e. The van der Waals surface area contributed by atoms with E-state index in [1.807, 2.05) is 51.1 Å². The predicted octanol–water partition coefficient (Wildman–Crippen LogP) is 2.30. The zero-order chi connectivity index (χ0) is 18.8. The monoisotopic (exact) mass is 348 g/mol. The van der Waals surface area contributed by atoms with Crippen molar-refractivity contribution in [2.24, 2.45) is 5.92 Å². The summed E-state index contributed by atoms with van der Waals surface area (Å²) in [5, 5.41) is 14.1. The van der Waals surface area contributed by atoms with Crippen LogP contribution in [0.5, 0.6) is 0 Å². The molecule has 2 amide bonds. The highest BCUT2D eigenvalue weighted by molar-refractivity contribution is 5.88. The van der Waals surface area contributed by atoms with Crippen LogP contribution in [0.1, 0.15) is 51.5 Å². The molecule has 25 heavy (non-hydrogen) atoms. The van der Waals surface area contributed by atoms with Crippen LogP contribution in [0.15, 0.2) is 30.3 Å². The van der Waals surface area contributed by atoms with Crippen LogP contribution in [-0.2, 0) is 14.4 Å². The summed E-state index contributed by atoms with van der Waals surface area (Å²) < 4.78 is 0. The molecule has 1 aromatic carbocycles. The van der Waals surface area contributed by atoms with Crippen molar-refractivity contribution in [2.75, 3.05) is 6.54 Å². The molecule has 0 aliphatic heterocycles. The van der Waals surface area contributed by atoms with Crippen molar-refractivity contribution in [3.8, 4) is 0 Å². The number of aliphatic carboxylic acids is 1. The van der Waals surface area contributed by atoms with Gasteiger partial charge in [0.15, 0.2) is 0 Å².